The normalized spacial score (nSPS) is 16.7. The number of benzene rings is 1. The summed E-state index contributed by atoms with van der Waals surface area (Å²) in [5.41, 5.74) is 3.01. The molecule has 2 aromatic rings. The number of piperidine rings is 1. The van der Waals surface area contributed by atoms with Gasteiger partial charge in [0, 0.05) is 24.7 Å². The lowest BCUT2D eigenvalue weighted by Crippen LogP contribution is -2.41. The Morgan fingerprint density at radius 2 is 1.80 bits per heavy atom. The van der Waals surface area contributed by atoms with Gasteiger partial charge in [-0.25, -0.2) is 8.42 Å². The first-order chi connectivity index (χ1) is 11.9. The molecule has 1 saturated heterocycles. The van der Waals surface area contributed by atoms with Crippen molar-refractivity contribution >= 4 is 33.0 Å². The summed E-state index contributed by atoms with van der Waals surface area (Å²) in [6.07, 6.45) is 1.09. The molecule has 5 nitrogen and oxygen atoms in total. The molecule has 1 aromatic heterocycles. The number of carbonyl (C=O) groups is 1. The molecule has 0 unspecified atom stereocenters. The molecular formula is C18H22N2O3S2. The molecule has 25 heavy (non-hydrogen) atoms. The third-order valence-corrected chi connectivity index (χ3v) is 7.67. The molecular weight excluding hydrogens is 356 g/mol. The average molecular weight is 379 g/mol. The minimum atomic E-state index is -3.42. The van der Waals surface area contributed by atoms with Gasteiger partial charge in [-0.2, -0.15) is 4.31 Å². The third kappa shape index (κ3) is 4.11. The highest BCUT2D eigenvalue weighted by molar-refractivity contribution is 7.91. The van der Waals surface area contributed by atoms with Crippen LogP contribution in [-0.2, 0) is 14.8 Å². The van der Waals surface area contributed by atoms with Crippen LogP contribution < -0.4 is 5.32 Å². The summed E-state index contributed by atoms with van der Waals surface area (Å²) in [4.78, 5) is 12.5. The second-order valence-corrected chi connectivity index (χ2v) is 9.59. The summed E-state index contributed by atoms with van der Waals surface area (Å²) in [6, 6.07) is 9.31. The van der Waals surface area contributed by atoms with Crippen LogP contribution in [0.4, 0.5) is 5.69 Å². The molecule has 1 aliphatic heterocycles. The quantitative estimate of drug-likeness (QED) is 0.887. The fourth-order valence-corrected chi connectivity index (χ4v) is 5.80. The standard InChI is InChI=1S/C18H22N2O3S2/c1-13-10-14(2)12-16(11-13)19-18(21)15-5-7-20(8-6-15)25(22,23)17-4-3-9-24-17/h3-4,9-12,15H,5-8H2,1-2H3,(H,19,21). The SMILES string of the molecule is Cc1cc(C)cc(NC(=O)C2CCN(S(=O)(=O)c3cccs3)CC2)c1. The van der Waals surface area contributed by atoms with E-state index >= 15 is 0 Å². The number of aryl methyl sites for hydroxylation is 2. The molecule has 3 rings (SSSR count). The van der Waals surface area contributed by atoms with Crippen LogP contribution in [0, 0.1) is 19.8 Å². The largest absolute Gasteiger partial charge is 0.326 e. The van der Waals surface area contributed by atoms with Crippen LogP contribution in [0.3, 0.4) is 0 Å². The first-order valence-corrected chi connectivity index (χ1v) is 10.6. The number of hydrogen-bond acceptors (Lipinski definition) is 4. The second kappa shape index (κ2) is 7.27. The molecule has 0 atom stereocenters. The Kier molecular flexibility index (Phi) is 5.27. The highest BCUT2D eigenvalue weighted by Gasteiger charge is 2.32. The number of thiophene rings is 1. The van der Waals surface area contributed by atoms with E-state index < -0.39 is 10.0 Å². The van der Waals surface area contributed by atoms with E-state index in [-0.39, 0.29) is 11.8 Å². The van der Waals surface area contributed by atoms with Gasteiger partial charge >= 0.3 is 0 Å². The van der Waals surface area contributed by atoms with Gasteiger partial charge in [0.15, 0.2) is 0 Å². The van der Waals surface area contributed by atoms with Crippen molar-refractivity contribution in [3.63, 3.8) is 0 Å². The molecule has 7 heteroatoms. The number of anilines is 1. The summed E-state index contributed by atoms with van der Waals surface area (Å²) in [5.74, 6) is -0.186. The molecule has 0 bridgehead atoms. The van der Waals surface area contributed by atoms with E-state index in [0.29, 0.717) is 30.1 Å². The van der Waals surface area contributed by atoms with Gasteiger partial charge in [0.2, 0.25) is 5.91 Å². The summed E-state index contributed by atoms with van der Waals surface area (Å²) in [7, 11) is -3.42. The van der Waals surface area contributed by atoms with Gasteiger partial charge in [-0.15, -0.1) is 11.3 Å². The summed E-state index contributed by atoms with van der Waals surface area (Å²) >= 11 is 1.23. The van der Waals surface area contributed by atoms with Gasteiger partial charge in [-0.3, -0.25) is 4.79 Å². The molecule has 1 N–H and O–H groups in total. The van der Waals surface area contributed by atoms with Crippen LogP contribution in [0.15, 0.2) is 39.9 Å². The number of nitrogens with one attached hydrogen (secondary N) is 1. The topological polar surface area (TPSA) is 66.5 Å². The van der Waals surface area contributed by atoms with Crippen LogP contribution >= 0.6 is 11.3 Å². The minimum absolute atomic E-state index is 0.0295. The van der Waals surface area contributed by atoms with Crippen molar-refractivity contribution in [1.82, 2.24) is 4.31 Å². The summed E-state index contributed by atoms with van der Waals surface area (Å²) in [6.45, 7) is 4.75. The fourth-order valence-electron chi connectivity index (χ4n) is 3.19. The van der Waals surface area contributed by atoms with Crippen LogP contribution in [-0.4, -0.2) is 31.7 Å². The lowest BCUT2D eigenvalue weighted by Gasteiger charge is -2.30. The number of carbonyl (C=O) groups excluding carboxylic acids is 1. The Morgan fingerprint density at radius 1 is 1.16 bits per heavy atom. The smallest absolute Gasteiger partial charge is 0.252 e. The molecule has 0 spiro atoms. The van der Waals surface area contributed by atoms with E-state index in [9.17, 15) is 13.2 Å². The van der Waals surface area contributed by atoms with E-state index in [4.69, 9.17) is 0 Å². The van der Waals surface area contributed by atoms with E-state index in [2.05, 4.69) is 11.4 Å². The fraction of sp³-hybridized carbons (Fsp3) is 0.389. The Hall–Kier alpha value is -1.70. The highest BCUT2D eigenvalue weighted by atomic mass is 32.2. The maximum atomic E-state index is 12.5. The van der Waals surface area contributed by atoms with Crippen LogP contribution in [0.5, 0.6) is 0 Å². The Labute approximate surface area is 152 Å². The maximum absolute atomic E-state index is 12.5. The van der Waals surface area contributed by atoms with Crippen LogP contribution in [0.1, 0.15) is 24.0 Å². The van der Waals surface area contributed by atoms with E-state index in [1.807, 2.05) is 26.0 Å². The van der Waals surface area contributed by atoms with Gasteiger partial charge in [-0.1, -0.05) is 12.1 Å². The molecule has 1 amide bonds. The average Bonchev–Trinajstić information content (AvgIpc) is 3.09. The van der Waals surface area contributed by atoms with Crippen molar-refractivity contribution in [1.29, 1.82) is 0 Å². The number of rotatable bonds is 4. The Balaban J connectivity index is 1.61. The van der Waals surface area contributed by atoms with Gasteiger partial charge in [0.05, 0.1) is 0 Å². The molecule has 0 saturated carbocycles. The molecule has 0 radical (unpaired) electrons. The molecule has 2 heterocycles. The van der Waals surface area contributed by atoms with E-state index in [1.54, 1.807) is 17.5 Å². The number of amides is 1. The molecule has 1 aliphatic rings. The zero-order valence-corrected chi connectivity index (χ0v) is 16.0. The lowest BCUT2D eigenvalue weighted by molar-refractivity contribution is -0.120. The monoisotopic (exact) mass is 378 g/mol. The zero-order chi connectivity index (χ0) is 18.0. The van der Waals surface area contributed by atoms with Crippen molar-refractivity contribution in [3.05, 3.63) is 46.8 Å². The van der Waals surface area contributed by atoms with Crippen molar-refractivity contribution in [3.8, 4) is 0 Å². The molecule has 0 aliphatic carbocycles. The first kappa shape index (κ1) is 18.1. The van der Waals surface area contributed by atoms with Gasteiger partial charge < -0.3 is 5.32 Å². The van der Waals surface area contributed by atoms with Crippen molar-refractivity contribution < 1.29 is 13.2 Å². The first-order valence-electron chi connectivity index (χ1n) is 8.29. The molecule has 1 fully saturated rings. The van der Waals surface area contributed by atoms with Gasteiger partial charge in [0.25, 0.3) is 10.0 Å². The minimum Gasteiger partial charge on any atom is -0.326 e. The zero-order valence-electron chi connectivity index (χ0n) is 14.4. The predicted molar refractivity (Wildman–Crippen MR) is 100 cm³/mol. The number of nitrogens with zero attached hydrogens (tertiary/aromatic N) is 1. The van der Waals surface area contributed by atoms with Crippen molar-refractivity contribution in [2.24, 2.45) is 5.92 Å². The molecule has 1 aromatic carbocycles. The van der Waals surface area contributed by atoms with Crippen LogP contribution in [0.2, 0.25) is 0 Å². The summed E-state index contributed by atoms with van der Waals surface area (Å²) < 4.78 is 26.9. The predicted octanol–water partition coefficient (Wildman–Crippen LogP) is 3.40. The third-order valence-electron chi connectivity index (χ3n) is 4.40. The van der Waals surface area contributed by atoms with E-state index in [1.165, 1.54) is 15.6 Å². The van der Waals surface area contributed by atoms with Crippen molar-refractivity contribution in [2.75, 3.05) is 18.4 Å². The summed E-state index contributed by atoms with van der Waals surface area (Å²) in [5, 5.41) is 4.73. The van der Waals surface area contributed by atoms with Gasteiger partial charge in [-0.05, 0) is 61.4 Å². The van der Waals surface area contributed by atoms with Gasteiger partial charge in [0.1, 0.15) is 4.21 Å². The molecule has 134 valence electrons. The maximum Gasteiger partial charge on any atom is 0.252 e. The Bertz CT molecular complexity index is 832. The lowest BCUT2D eigenvalue weighted by atomic mass is 9.97. The number of sulfonamides is 1. The number of hydrogen-bond donors (Lipinski definition) is 1. The van der Waals surface area contributed by atoms with Crippen LogP contribution in [0.25, 0.3) is 0 Å². The van der Waals surface area contributed by atoms with Crippen molar-refractivity contribution in [2.45, 2.75) is 30.9 Å². The van der Waals surface area contributed by atoms with E-state index in [0.717, 1.165) is 16.8 Å². The Morgan fingerprint density at radius 3 is 2.36 bits per heavy atom. The second-order valence-electron chi connectivity index (χ2n) is 6.48. The highest BCUT2D eigenvalue weighted by Crippen LogP contribution is 2.27.